The quantitative estimate of drug-likeness (QED) is 0.292. The number of hydrogen-bond donors (Lipinski definition) is 3. The van der Waals surface area contributed by atoms with E-state index in [1.807, 2.05) is 30.3 Å². The number of halogens is 5. The number of hydrogen-bond acceptors (Lipinski definition) is 3. The number of rotatable bonds is 5. The Hall–Kier alpha value is -2.87. The third-order valence-corrected chi connectivity index (χ3v) is 6.62. The van der Waals surface area contributed by atoms with Crippen LogP contribution in [0.2, 0.25) is 5.02 Å². The van der Waals surface area contributed by atoms with Crippen LogP contribution in [0.5, 0.6) is 0 Å². The summed E-state index contributed by atoms with van der Waals surface area (Å²) in [5, 5.41) is 5.03. The maximum atomic E-state index is 14.1. The van der Waals surface area contributed by atoms with E-state index < -0.39 is 39.4 Å². The van der Waals surface area contributed by atoms with Gasteiger partial charge in [-0.1, -0.05) is 41.9 Å². The predicted octanol–water partition coefficient (Wildman–Crippen LogP) is 5.98. The zero-order chi connectivity index (χ0) is 23.9. The number of nitrogen functional groups attached to an aromatic ring is 1. The minimum Gasteiger partial charge on any atom is -0.394 e. The van der Waals surface area contributed by atoms with Crippen LogP contribution in [0.1, 0.15) is 21.8 Å². The summed E-state index contributed by atoms with van der Waals surface area (Å²) >= 11 is 18.8. The van der Waals surface area contributed by atoms with Crippen LogP contribution in [0.25, 0.3) is 0 Å². The van der Waals surface area contributed by atoms with Gasteiger partial charge in [-0.25, -0.2) is 8.78 Å². The van der Waals surface area contributed by atoms with Gasteiger partial charge >= 0.3 is 0 Å². The van der Waals surface area contributed by atoms with Gasteiger partial charge in [-0.3, -0.25) is 9.59 Å². The van der Waals surface area contributed by atoms with Crippen molar-refractivity contribution < 1.29 is 18.4 Å². The van der Waals surface area contributed by atoms with Gasteiger partial charge in [0.15, 0.2) is 5.82 Å². The largest absolute Gasteiger partial charge is 0.394 e. The molecule has 0 radical (unpaired) electrons. The van der Waals surface area contributed by atoms with Crippen molar-refractivity contribution >= 4 is 63.7 Å². The molecule has 2 atom stereocenters. The Morgan fingerprint density at radius 3 is 2.36 bits per heavy atom. The van der Waals surface area contributed by atoms with Crippen molar-refractivity contribution in [1.29, 1.82) is 0 Å². The summed E-state index contributed by atoms with van der Waals surface area (Å²) in [5.41, 5.74) is 5.33. The minimum absolute atomic E-state index is 0.0461. The van der Waals surface area contributed by atoms with Crippen LogP contribution in [0, 0.1) is 17.6 Å². The summed E-state index contributed by atoms with van der Waals surface area (Å²) < 4.78 is 26.2. The van der Waals surface area contributed by atoms with Crippen LogP contribution in [0.15, 0.2) is 60.7 Å². The molecule has 10 heteroatoms. The highest BCUT2D eigenvalue weighted by molar-refractivity contribution is 6.53. The first-order valence-electron chi connectivity index (χ1n) is 9.69. The first-order valence-corrected chi connectivity index (χ1v) is 10.8. The Morgan fingerprint density at radius 2 is 1.67 bits per heavy atom. The van der Waals surface area contributed by atoms with Gasteiger partial charge in [0.25, 0.3) is 5.91 Å². The third-order valence-electron chi connectivity index (χ3n) is 5.35. The lowest BCUT2D eigenvalue weighted by atomic mass is 10.1. The molecule has 1 aliphatic carbocycles. The highest BCUT2D eigenvalue weighted by atomic mass is 35.5. The average Bonchev–Trinajstić information content (AvgIpc) is 3.38. The second-order valence-electron chi connectivity index (χ2n) is 7.50. The van der Waals surface area contributed by atoms with Gasteiger partial charge in [0.05, 0.1) is 22.2 Å². The van der Waals surface area contributed by atoms with Crippen LogP contribution < -0.4 is 16.4 Å². The lowest BCUT2D eigenvalue weighted by molar-refractivity contribution is -0.117. The Bertz CT molecular complexity index is 1260. The van der Waals surface area contributed by atoms with Gasteiger partial charge in [0, 0.05) is 11.6 Å². The molecule has 1 fully saturated rings. The Balaban J connectivity index is 1.51. The molecular formula is C23H16Cl3F2N3O2. The molecule has 3 aromatic rings. The van der Waals surface area contributed by atoms with Gasteiger partial charge in [-0.2, -0.15) is 0 Å². The predicted molar refractivity (Wildman–Crippen MR) is 126 cm³/mol. The van der Waals surface area contributed by atoms with Crippen molar-refractivity contribution in [2.45, 2.75) is 10.3 Å². The third kappa shape index (κ3) is 4.49. The second kappa shape index (κ2) is 8.82. The van der Waals surface area contributed by atoms with Crippen molar-refractivity contribution in [1.82, 2.24) is 0 Å². The fourth-order valence-electron chi connectivity index (χ4n) is 3.58. The minimum atomic E-state index is -1.27. The first-order chi connectivity index (χ1) is 15.6. The molecule has 33 heavy (non-hydrogen) atoms. The Morgan fingerprint density at radius 1 is 0.970 bits per heavy atom. The zero-order valence-corrected chi connectivity index (χ0v) is 19.0. The number of nitrogens with two attached hydrogens (primary N) is 1. The van der Waals surface area contributed by atoms with E-state index in [0.717, 1.165) is 17.7 Å². The molecule has 0 aliphatic heterocycles. The van der Waals surface area contributed by atoms with Crippen LogP contribution in [-0.4, -0.2) is 16.1 Å². The monoisotopic (exact) mass is 509 g/mol. The maximum Gasteiger partial charge on any atom is 0.257 e. The summed E-state index contributed by atoms with van der Waals surface area (Å²) in [6.45, 7) is 0. The van der Waals surface area contributed by atoms with Crippen LogP contribution in [0.3, 0.4) is 0 Å². The molecule has 1 saturated carbocycles. The number of benzene rings is 3. The Labute approximate surface area is 202 Å². The van der Waals surface area contributed by atoms with E-state index in [-0.39, 0.29) is 27.9 Å². The summed E-state index contributed by atoms with van der Waals surface area (Å²) in [6.07, 6.45) is 0. The van der Waals surface area contributed by atoms with E-state index in [9.17, 15) is 18.4 Å². The molecule has 2 unspecified atom stereocenters. The molecule has 0 spiro atoms. The second-order valence-corrected chi connectivity index (χ2v) is 9.35. The van der Waals surface area contributed by atoms with Crippen molar-refractivity contribution in [3.8, 4) is 0 Å². The standard InChI is InChI=1S/C23H16Cl3F2N3O2/c24-14-7-6-12(10-13(14)21(32)31-16-9-8-15(27)20(29)19(16)28)30-22(33)18-17(23(18,25)26)11-4-2-1-3-5-11/h1-10,17-18H,29H2,(H,30,33)(H,31,32). The SMILES string of the molecule is Nc1c(F)ccc(NC(=O)c2cc(NC(=O)C3C(c4ccccc4)C3(Cl)Cl)ccc2Cl)c1F. The highest BCUT2D eigenvalue weighted by Crippen LogP contribution is 2.65. The number of carbonyl (C=O) groups is 2. The fraction of sp³-hybridized carbons (Fsp3) is 0.130. The number of carbonyl (C=O) groups excluding carboxylic acids is 2. The molecule has 170 valence electrons. The number of nitrogens with one attached hydrogen (secondary N) is 2. The molecule has 0 aromatic heterocycles. The Kier molecular flexibility index (Phi) is 6.22. The molecule has 4 N–H and O–H groups in total. The molecule has 0 bridgehead atoms. The smallest absolute Gasteiger partial charge is 0.257 e. The molecule has 4 rings (SSSR count). The fourth-order valence-corrected chi connectivity index (χ4v) is 4.61. The first kappa shape index (κ1) is 23.3. The molecule has 5 nitrogen and oxygen atoms in total. The van der Waals surface area contributed by atoms with Gasteiger partial charge in [0.1, 0.15) is 15.8 Å². The van der Waals surface area contributed by atoms with Crippen LogP contribution >= 0.6 is 34.8 Å². The van der Waals surface area contributed by atoms with E-state index >= 15 is 0 Å². The van der Waals surface area contributed by atoms with Crippen LogP contribution in [-0.2, 0) is 4.79 Å². The van der Waals surface area contributed by atoms with Gasteiger partial charge in [-0.05, 0) is 35.9 Å². The summed E-state index contributed by atoms with van der Waals surface area (Å²) in [4.78, 5) is 25.5. The summed E-state index contributed by atoms with van der Waals surface area (Å²) in [5.74, 6) is -4.35. The normalized spacial score (nSPS) is 18.5. The van der Waals surface area contributed by atoms with Crippen molar-refractivity contribution in [3.63, 3.8) is 0 Å². The molecule has 0 heterocycles. The molecule has 2 amide bonds. The number of amides is 2. The summed E-state index contributed by atoms with van der Waals surface area (Å²) in [7, 11) is 0. The van der Waals surface area contributed by atoms with Crippen molar-refractivity contribution in [2.24, 2.45) is 5.92 Å². The molecule has 0 saturated heterocycles. The average molecular weight is 511 g/mol. The summed E-state index contributed by atoms with van der Waals surface area (Å²) in [6, 6.07) is 15.4. The maximum absolute atomic E-state index is 14.1. The van der Waals surface area contributed by atoms with Gasteiger partial charge in [0.2, 0.25) is 5.91 Å². The number of alkyl halides is 2. The van der Waals surface area contributed by atoms with E-state index in [1.54, 1.807) is 0 Å². The molecule has 3 aromatic carbocycles. The van der Waals surface area contributed by atoms with E-state index in [2.05, 4.69) is 10.6 Å². The van der Waals surface area contributed by atoms with E-state index in [1.165, 1.54) is 18.2 Å². The molecular weight excluding hydrogens is 495 g/mol. The molecule has 1 aliphatic rings. The topological polar surface area (TPSA) is 84.2 Å². The van der Waals surface area contributed by atoms with Crippen molar-refractivity contribution in [2.75, 3.05) is 16.4 Å². The van der Waals surface area contributed by atoms with E-state index in [4.69, 9.17) is 40.5 Å². The highest BCUT2D eigenvalue weighted by Gasteiger charge is 2.67. The lowest BCUT2D eigenvalue weighted by Crippen LogP contribution is -2.18. The van der Waals surface area contributed by atoms with Crippen molar-refractivity contribution in [3.05, 3.63) is 88.4 Å². The zero-order valence-electron chi connectivity index (χ0n) is 16.7. The lowest BCUT2D eigenvalue weighted by Gasteiger charge is -2.11. The van der Waals surface area contributed by atoms with Crippen LogP contribution in [0.4, 0.5) is 25.8 Å². The van der Waals surface area contributed by atoms with E-state index in [0.29, 0.717) is 0 Å². The van der Waals surface area contributed by atoms with Gasteiger partial charge in [-0.15, -0.1) is 23.2 Å². The van der Waals surface area contributed by atoms with Gasteiger partial charge < -0.3 is 16.4 Å². The number of anilines is 3.